The summed E-state index contributed by atoms with van der Waals surface area (Å²) in [5.41, 5.74) is 5.30. The standard InChI is InChI=1S/C36H62NO10P/c1-3-5-7-9-11-13-15-16-18-20-22-24-26-28-35(39)47-32(30-45-48(42,43)46-31-33(37)36(40)41)29-44-34(38)27-25-23-21-19-17-14-12-10-8-6-4-2/h5,7,9,11,13,15-16,18,32-33H,3-4,6,8,10,12,14,17,19-31,37H2,1-2H3,(H,40,41)(H,42,43)/b7-5+,11-9+,15-13+,18-16+/t32?,33-/m0/s1. The van der Waals surface area contributed by atoms with Gasteiger partial charge in [-0.1, -0.05) is 133 Å². The number of ether oxygens (including phenoxy) is 2. The number of hydrogen-bond acceptors (Lipinski definition) is 9. The number of allylic oxidation sites excluding steroid dienone is 8. The number of phosphoric ester groups is 1. The van der Waals surface area contributed by atoms with Crippen LogP contribution in [0.5, 0.6) is 0 Å². The maximum atomic E-state index is 12.5. The fourth-order valence-electron chi connectivity index (χ4n) is 4.37. The van der Waals surface area contributed by atoms with Gasteiger partial charge in [0.2, 0.25) is 0 Å². The molecule has 48 heavy (non-hydrogen) atoms. The van der Waals surface area contributed by atoms with Crippen LogP contribution in [0.25, 0.3) is 0 Å². The van der Waals surface area contributed by atoms with E-state index in [1.165, 1.54) is 44.9 Å². The van der Waals surface area contributed by atoms with Crippen molar-refractivity contribution in [2.75, 3.05) is 19.8 Å². The number of carboxylic acids is 1. The second-order valence-corrected chi connectivity index (χ2v) is 13.2. The highest BCUT2D eigenvalue weighted by atomic mass is 31.2. The average Bonchev–Trinajstić information content (AvgIpc) is 3.05. The van der Waals surface area contributed by atoms with Crippen molar-refractivity contribution in [2.45, 2.75) is 142 Å². The smallest absolute Gasteiger partial charge is 0.472 e. The van der Waals surface area contributed by atoms with Crippen LogP contribution >= 0.6 is 7.82 Å². The molecule has 0 amide bonds. The second-order valence-electron chi connectivity index (χ2n) is 11.7. The Kier molecular flexibility index (Phi) is 30.0. The molecule has 0 bridgehead atoms. The molecule has 0 heterocycles. The van der Waals surface area contributed by atoms with Crippen LogP contribution in [0.2, 0.25) is 0 Å². The summed E-state index contributed by atoms with van der Waals surface area (Å²) in [6.45, 7) is 2.57. The summed E-state index contributed by atoms with van der Waals surface area (Å²) in [7, 11) is -4.72. The fourth-order valence-corrected chi connectivity index (χ4v) is 5.15. The van der Waals surface area contributed by atoms with E-state index >= 15 is 0 Å². The van der Waals surface area contributed by atoms with E-state index in [9.17, 15) is 23.8 Å². The topological polar surface area (TPSA) is 172 Å². The first-order valence-corrected chi connectivity index (χ1v) is 19.2. The maximum Gasteiger partial charge on any atom is 0.472 e. The lowest BCUT2D eigenvalue weighted by molar-refractivity contribution is -0.161. The maximum absolute atomic E-state index is 12.5. The molecular weight excluding hydrogens is 637 g/mol. The zero-order valence-corrected chi connectivity index (χ0v) is 30.2. The van der Waals surface area contributed by atoms with Gasteiger partial charge in [-0.3, -0.25) is 23.4 Å². The van der Waals surface area contributed by atoms with Gasteiger partial charge in [-0.25, -0.2) is 4.57 Å². The van der Waals surface area contributed by atoms with E-state index in [2.05, 4.69) is 30.5 Å². The number of carbonyl (C=O) groups excluding carboxylic acids is 2. The number of carbonyl (C=O) groups is 3. The molecule has 0 radical (unpaired) electrons. The van der Waals surface area contributed by atoms with E-state index in [-0.39, 0.29) is 19.4 Å². The van der Waals surface area contributed by atoms with Gasteiger partial charge in [0.1, 0.15) is 12.6 Å². The molecule has 0 saturated carbocycles. The summed E-state index contributed by atoms with van der Waals surface area (Å²) in [4.78, 5) is 45.6. The molecule has 0 aliphatic rings. The van der Waals surface area contributed by atoms with Gasteiger partial charge in [-0.15, -0.1) is 0 Å². The second kappa shape index (κ2) is 31.7. The van der Waals surface area contributed by atoms with E-state index in [0.717, 1.165) is 44.9 Å². The van der Waals surface area contributed by atoms with Crippen LogP contribution in [0.1, 0.15) is 129 Å². The van der Waals surface area contributed by atoms with Gasteiger partial charge in [0.15, 0.2) is 6.10 Å². The van der Waals surface area contributed by atoms with Crippen molar-refractivity contribution in [1.82, 2.24) is 0 Å². The van der Waals surface area contributed by atoms with Crippen molar-refractivity contribution in [3.63, 3.8) is 0 Å². The molecule has 0 fully saturated rings. The number of esters is 2. The van der Waals surface area contributed by atoms with Gasteiger partial charge in [-0.05, 0) is 32.1 Å². The summed E-state index contributed by atoms with van der Waals surface area (Å²) in [5.74, 6) is -2.44. The highest BCUT2D eigenvalue weighted by Crippen LogP contribution is 2.43. The lowest BCUT2D eigenvalue weighted by Crippen LogP contribution is -2.34. The minimum Gasteiger partial charge on any atom is -0.480 e. The van der Waals surface area contributed by atoms with Crippen molar-refractivity contribution in [2.24, 2.45) is 5.73 Å². The monoisotopic (exact) mass is 699 g/mol. The van der Waals surface area contributed by atoms with Gasteiger partial charge in [-0.2, -0.15) is 0 Å². The number of hydrogen-bond donors (Lipinski definition) is 3. The van der Waals surface area contributed by atoms with Crippen molar-refractivity contribution in [3.05, 3.63) is 48.6 Å². The fraction of sp³-hybridized carbons (Fsp3) is 0.694. The Hall–Kier alpha value is -2.56. The predicted octanol–water partition coefficient (Wildman–Crippen LogP) is 8.27. The summed E-state index contributed by atoms with van der Waals surface area (Å²) in [5, 5.41) is 8.84. The van der Waals surface area contributed by atoms with Crippen molar-refractivity contribution in [1.29, 1.82) is 0 Å². The zero-order valence-electron chi connectivity index (χ0n) is 29.3. The van der Waals surface area contributed by atoms with Crippen molar-refractivity contribution >= 4 is 25.7 Å². The SMILES string of the molecule is CC/C=C/C=C/C=C/C=C/CCCCCC(=O)OC(COC(=O)CCCCCCCCCCCCC)COP(=O)(O)OC[C@H](N)C(=O)O. The van der Waals surface area contributed by atoms with Crippen LogP contribution in [-0.2, 0) is 37.5 Å². The van der Waals surface area contributed by atoms with Crippen LogP contribution in [0.15, 0.2) is 48.6 Å². The first-order chi connectivity index (χ1) is 23.1. The van der Waals surface area contributed by atoms with E-state index < -0.39 is 51.1 Å². The number of carboxylic acid groups (broad SMARTS) is 1. The van der Waals surface area contributed by atoms with Crippen LogP contribution in [-0.4, -0.2) is 59.9 Å². The largest absolute Gasteiger partial charge is 0.480 e. The molecule has 0 saturated heterocycles. The highest BCUT2D eigenvalue weighted by molar-refractivity contribution is 7.47. The minimum atomic E-state index is -4.72. The quantitative estimate of drug-likeness (QED) is 0.0267. The Morgan fingerprint density at radius 2 is 1.17 bits per heavy atom. The molecule has 2 unspecified atom stereocenters. The Balaban J connectivity index is 4.57. The number of phosphoric acid groups is 1. The van der Waals surface area contributed by atoms with Crippen LogP contribution in [0, 0.1) is 0 Å². The third-order valence-corrected chi connectivity index (χ3v) is 8.14. The summed E-state index contributed by atoms with van der Waals surface area (Å²) in [6.07, 6.45) is 31.9. The Morgan fingerprint density at radius 1 is 0.667 bits per heavy atom. The van der Waals surface area contributed by atoms with Crippen molar-refractivity contribution < 1.29 is 47.5 Å². The molecule has 4 N–H and O–H groups in total. The average molecular weight is 700 g/mol. The summed E-state index contributed by atoms with van der Waals surface area (Å²) >= 11 is 0. The van der Waals surface area contributed by atoms with Gasteiger partial charge in [0.05, 0.1) is 13.2 Å². The molecule has 0 rings (SSSR count). The van der Waals surface area contributed by atoms with Gasteiger partial charge in [0.25, 0.3) is 0 Å². The molecule has 3 atom stereocenters. The van der Waals surface area contributed by atoms with Gasteiger partial charge >= 0.3 is 25.7 Å². The van der Waals surface area contributed by atoms with Gasteiger partial charge in [0, 0.05) is 12.8 Å². The lowest BCUT2D eigenvalue weighted by Gasteiger charge is -2.20. The van der Waals surface area contributed by atoms with Crippen LogP contribution < -0.4 is 5.73 Å². The van der Waals surface area contributed by atoms with E-state index in [4.69, 9.17) is 24.8 Å². The molecular formula is C36H62NO10P. The van der Waals surface area contributed by atoms with E-state index in [1.807, 2.05) is 36.5 Å². The van der Waals surface area contributed by atoms with Crippen LogP contribution in [0.3, 0.4) is 0 Å². The molecule has 12 heteroatoms. The molecule has 0 aliphatic carbocycles. The Bertz CT molecular complexity index is 1010. The Labute approximate surface area is 288 Å². The zero-order chi connectivity index (χ0) is 35.7. The first kappa shape index (κ1) is 45.4. The van der Waals surface area contributed by atoms with E-state index in [0.29, 0.717) is 12.8 Å². The first-order valence-electron chi connectivity index (χ1n) is 17.7. The molecule has 0 aromatic carbocycles. The van der Waals surface area contributed by atoms with E-state index in [1.54, 1.807) is 0 Å². The predicted molar refractivity (Wildman–Crippen MR) is 189 cm³/mol. The summed E-state index contributed by atoms with van der Waals surface area (Å²) < 4.78 is 32.4. The summed E-state index contributed by atoms with van der Waals surface area (Å²) in [6, 6.07) is -1.53. The number of unbranched alkanes of at least 4 members (excludes halogenated alkanes) is 13. The number of rotatable bonds is 32. The lowest BCUT2D eigenvalue weighted by atomic mass is 10.1. The molecule has 11 nitrogen and oxygen atoms in total. The third-order valence-electron chi connectivity index (χ3n) is 7.19. The van der Waals surface area contributed by atoms with Crippen LogP contribution in [0.4, 0.5) is 0 Å². The van der Waals surface area contributed by atoms with Gasteiger partial charge < -0.3 is 25.2 Å². The molecule has 0 aromatic rings. The third kappa shape index (κ3) is 30.8. The molecule has 0 spiro atoms. The molecule has 0 aliphatic heterocycles. The minimum absolute atomic E-state index is 0.115. The number of aliphatic carboxylic acids is 1. The highest BCUT2D eigenvalue weighted by Gasteiger charge is 2.28. The Morgan fingerprint density at radius 3 is 1.75 bits per heavy atom. The normalized spacial score (nSPS) is 14.6. The van der Waals surface area contributed by atoms with Crippen molar-refractivity contribution in [3.8, 4) is 0 Å². The molecule has 276 valence electrons. The number of nitrogens with two attached hydrogens (primary N) is 1. The molecule has 0 aromatic heterocycles.